The van der Waals surface area contributed by atoms with Gasteiger partial charge in [-0.3, -0.25) is 4.79 Å². The van der Waals surface area contributed by atoms with Gasteiger partial charge in [-0.25, -0.2) is 0 Å². The third-order valence-electron chi connectivity index (χ3n) is 2.76. The normalized spacial score (nSPS) is 12.5. The molecule has 3 N–H and O–H groups in total. The van der Waals surface area contributed by atoms with Crippen molar-refractivity contribution in [3.8, 4) is 11.5 Å². The molecule has 3 rings (SSSR count). The highest BCUT2D eigenvalue weighted by atomic mass is 32.1. The van der Waals surface area contributed by atoms with Crippen molar-refractivity contribution in [1.82, 2.24) is 0 Å². The van der Waals surface area contributed by atoms with E-state index in [1.165, 1.54) is 11.3 Å². The number of hydrogen-bond acceptors (Lipinski definition) is 5. The molecule has 5 nitrogen and oxygen atoms in total. The van der Waals surface area contributed by atoms with Crippen LogP contribution in [-0.4, -0.2) is 12.7 Å². The average Bonchev–Trinajstić information content (AvgIpc) is 2.98. The number of thiophene rings is 1. The Balaban J connectivity index is 1.85. The fourth-order valence-corrected chi connectivity index (χ4v) is 2.57. The zero-order valence-corrected chi connectivity index (χ0v) is 11.0. The molecule has 0 saturated heterocycles. The van der Waals surface area contributed by atoms with Gasteiger partial charge in [0, 0.05) is 17.0 Å². The number of rotatable bonds is 2. The molecular weight excluding hydrogens is 264 g/mol. The average molecular weight is 276 g/mol. The predicted octanol–water partition coefficient (Wildman–Crippen LogP) is 2.62. The van der Waals surface area contributed by atoms with Crippen LogP contribution >= 0.6 is 11.3 Å². The van der Waals surface area contributed by atoms with E-state index >= 15 is 0 Å². The van der Waals surface area contributed by atoms with Crippen LogP contribution in [0, 0.1) is 6.92 Å². The lowest BCUT2D eigenvalue weighted by molar-refractivity contribution is 0.103. The van der Waals surface area contributed by atoms with Gasteiger partial charge < -0.3 is 20.5 Å². The molecule has 1 aliphatic heterocycles. The Morgan fingerprint density at radius 3 is 2.74 bits per heavy atom. The molecule has 1 aliphatic rings. The first-order chi connectivity index (χ1) is 9.13. The van der Waals surface area contributed by atoms with Crippen LogP contribution < -0.4 is 20.5 Å². The van der Waals surface area contributed by atoms with E-state index in [9.17, 15) is 4.79 Å². The summed E-state index contributed by atoms with van der Waals surface area (Å²) in [5.41, 5.74) is 6.86. The summed E-state index contributed by atoms with van der Waals surface area (Å²) in [4.78, 5) is 13.8. The summed E-state index contributed by atoms with van der Waals surface area (Å²) < 4.78 is 10.5. The lowest BCUT2D eigenvalue weighted by atomic mass is 10.2. The minimum Gasteiger partial charge on any atom is -0.454 e. The van der Waals surface area contributed by atoms with Crippen LogP contribution in [0.5, 0.6) is 11.5 Å². The van der Waals surface area contributed by atoms with E-state index in [0.717, 1.165) is 4.88 Å². The molecule has 0 bridgehead atoms. The van der Waals surface area contributed by atoms with Crippen LogP contribution in [0.1, 0.15) is 14.5 Å². The number of carbonyl (C=O) groups excluding carboxylic acids is 1. The first-order valence-corrected chi connectivity index (χ1v) is 6.52. The second kappa shape index (κ2) is 4.47. The Morgan fingerprint density at radius 2 is 2.05 bits per heavy atom. The number of anilines is 2. The Bertz CT molecular complexity index is 651. The summed E-state index contributed by atoms with van der Waals surface area (Å²) in [6, 6.07) is 7.02. The number of ether oxygens (including phenoxy) is 2. The largest absolute Gasteiger partial charge is 0.454 e. The summed E-state index contributed by atoms with van der Waals surface area (Å²) in [6.07, 6.45) is 0. The number of nitrogens with two attached hydrogens (primary N) is 1. The smallest absolute Gasteiger partial charge is 0.265 e. The van der Waals surface area contributed by atoms with Gasteiger partial charge in [0.1, 0.15) is 0 Å². The van der Waals surface area contributed by atoms with Crippen molar-refractivity contribution >= 4 is 28.6 Å². The van der Waals surface area contributed by atoms with E-state index in [4.69, 9.17) is 15.2 Å². The van der Waals surface area contributed by atoms with Crippen LogP contribution in [-0.2, 0) is 0 Å². The molecule has 2 heterocycles. The number of nitrogen functional groups attached to an aromatic ring is 1. The number of hydrogen-bond donors (Lipinski definition) is 2. The van der Waals surface area contributed by atoms with Crippen LogP contribution in [0.25, 0.3) is 0 Å². The Morgan fingerprint density at radius 1 is 1.32 bits per heavy atom. The topological polar surface area (TPSA) is 73.6 Å². The molecule has 0 atom stereocenters. The van der Waals surface area contributed by atoms with Gasteiger partial charge in [0.25, 0.3) is 5.91 Å². The summed E-state index contributed by atoms with van der Waals surface area (Å²) in [5, 5.41) is 2.78. The molecule has 2 aromatic rings. The Labute approximate surface area is 113 Å². The molecular formula is C13H12N2O3S. The lowest BCUT2D eigenvalue weighted by Crippen LogP contribution is -2.11. The quantitative estimate of drug-likeness (QED) is 0.827. The molecule has 0 radical (unpaired) electrons. The number of fused-ring (bicyclic) bond motifs is 1. The molecule has 0 unspecified atom stereocenters. The number of aryl methyl sites for hydroxylation is 1. The van der Waals surface area contributed by atoms with E-state index < -0.39 is 0 Å². The number of benzene rings is 1. The fraction of sp³-hybridized carbons (Fsp3) is 0.154. The molecule has 1 aromatic heterocycles. The number of carbonyl (C=O) groups is 1. The lowest BCUT2D eigenvalue weighted by Gasteiger charge is -2.08. The van der Waals surface area contributed by atoms with E-state index in [2.05, 4.69) is 5.32 Å². The van der Waals surface area contributed by atoms with Gasteiger partial charge in [-0.15, -0.1) is 11.3 Å². The second-order valence-corrected chi connectivity index (χ2v) is 5.45. The van der Waals surface area contributed by atoms with Crippen molar-refractivity contribution in [3.63, 3.8) is 0 Å². The van der Waals surface area contributed by atoms with Crippen LogP contribution in [0.15, 0.2) is 24.3 Å². The minimum atomic E-state index is -0.177. The summed E-state index contributed by atoms with van der Waals surface area (Å²) in [7, 11) is 0. The standard InChI is InChI=1S/C13H12N2O3S/c1-7-2-3-12(19-7)13(16)15-9-5-11-10(4-8(9)14)17-6-18-11/h2-5H,6,14H2,1H3,(H,15,16). The number of nitrogens with one attached hydrogen (secondary N) is 1. The van der Waals surface area contributed by atoms with Crippen LogP contribution in [0.2, 0.25) is 0 Å². The summed E-state index contributed by atoms with van der Waals surface area (Å²) >= 11 is 1.44. The first-order valence-electron chi connectivity index (χ1n) is 5.70. The molecule has 1 aromatic carbocycles. The van der Waals surface area contributed by atoms with Gasteiger partial charge in [0.05, 0.1) is 16.3 Å². The molecule has 0 saturated carbocycles. The third kappa shape index (κ3) is 2.22. The monoisotopic (exact) mass is 276 g/mol. The molecule has 0 spiro atoms. The molecule has 0 fully saturated rings. The van der Waals surface area contributed by atoms with Crippen molar-refractivity contribution in [1.29, 1.82) is 0 Å². The fourth-order valence-electron chi connectivity index (χ4n) is 1.81. The molecule has 98 valence electrons. The second-order valence-electron chi connectivity index (χ2n) is 4.16. The van der Waals surface area contributed by atoms with Gasteiger partial charge in [-0.05, 0) is 19.1 Å². The van der Waals surface area contributed by atoms with E-state index in [-0.39, 0.29) is 12.7 Å². The first kappa shape index (κ1) is 11.9. The molecule has 19 heavy (non-hydrogen) atoms. The highest BCUT2D eigenvalue weighted by Crippen LogP contribution is 2.38. The Kier molecular flexibility index (Phi) is 2.79. The Hall–Kier alpha value is -2.21. The number of amides is 1. The highest BCUT2D eigenvalue weighted by Gasteiger charge is 2.18. The predicted molar refractivity (Wildman–Crippen MR) is 74.0 cm³/mol. The highest BCUT2D eigenvalue weighted by molar-refractivity contribution is 7.14. The van der Waals surface area contributed by atoms with Crippen molar-refractivity contribution in [2.24, 2.45) is 0 Å². The van der Waals surface area contributed by atoms with Crippen molar-refractivity contribution < 1.29 is 14.3 Å². The molecule has 1 amide bonds. The molecule has 0 aliphatic carbocycles. The van der Waals surface area contributed by atoms with Crippen LogP contribution in [0.4, 0.5) is 11.4 Å². The van der Waals surface area contributed by atoms with Crippen molar-refractivity contribution in [2.75, 3.05) is 17.8 Å². The summed E-state index contributed by atoms with van der Waals surface area (Å²) in [6.45, 7) is 2.13. The summed E-state index contributed by atoms with van der Waals surface area (Å²) in [5.74, 6) is 1.01. The molecule has 6 heteroatoms. The van der Waals surface area contributed by atoms with Gasteiger partial charge in [0.2, 0.25) is 6.79 Å². The van der Waals surface area contributed by atoms with Gasteiger partial charge >= 0.3 is 0 Å². The van der Waals surface area contributed by atoms with E-state index in [1.54, 1.807) is 18.2 Å². The van der Waals surface area contributed by atoms with Gasteiger partial charge in [-0.1, -0.05) is 0 Å². The maximum absolute atomic E-state index is 12.1. The third-order valence-corrected chi connectivity index (χ3v) is 3.76. The van der Waals surface area contributed by atoms with E-state index in [1.807, 2.05) is 13.0 Å². The maximum atomic E-state index is 12.1. The zero-order chi connectivity index (χ0) is 13.4. The van der Waals surface area contributed by atoms with Gasteiger partial charge in [-0.2, -0.15) is 0 Å². The maximum Gasteiger partial charge on any atom is 0.265 e. The van der Waals surface area contributed by atoms with Crippen molar-refractivity contribution in [3.05, 3.63) is 34.0 Å². The minimum absolute atomic E-state index is 0.177. The van der Waals surface area contributed by atoms with Crippen molar-refractivity contribution in [2.45, 2.75) is 6.92 Å². The van der Waals surface area contributed by atoms with Crippen LogP contribution in [0.3, 0.4) is 0 Å². The zero-order valence-electron chi connectivity index (χ0n) is 10.2. The van der Waals surface area contributed by atoms with Gasteiger partial charge in [0.15, 0.2) is 11.5 Å². The van der Waals surface area contributed by atoms with E-state index in [0.29, 0.717) is 27.8 Å². The SMILES string of the molecule is Cc1ccc(C(=O)Nc2cc3c(cc2N)OCO3)s1.